The fourth-order valence-electron chi connectivity index (χ4n) is 1.87. The molecule has 1 fully saturated rings. The number of nitrogens with zero attached hydrogens (tertiary/aromatic N) is 3. The lowest BCUT2D eigenvalue weighted by Gasteiger charge is -2.03. The molecule has 0 bridgehead atoms. The summed E-state index contributed by atoms with van der Waals surface area (Å²) in [6.07, 6.45) is 4.28. The van der Waals surface area contributed by atoms with Gasteiger partial charge in [-0.15, -0.1) is 0 Å². The SMILES string of the molecule is Cn1cnc2cc(N)nc(C3CC3)c21. The first-order chi connectivity index (χ1) is 6.75. The van der Waals surface area contributed by atoms with E-state index >= 15 is 0 Å². The summed E-state index contributed by atoms with van der Waals surface area (Å²) >= 11 is 0. The van der Waals surface area contributed by atoms with Gasteiger partial charge in [0.05, 0.1) is 23.1 Å². The first kappa shape index (κ1) is 7.79. The molecule has 2 aromatic rings. The predicted molar refractivity (Wildman–Crippen MR) is 54.9 cm³/mol. The monoisotopic (exact) mass is 188 g/mol. The third-order valence-corrected chi connectivity index (χ3v) is 2.71. The first-order valence-corrected chi connectivity index (χ1v) is 4.83. The van der Waals surface area contributed by atoms with Crippen LogP contribution in [0, 0.1) is 0 Å². The molecule has 2 heterocycles. The summed E-state index contributed by atoms with van der Waals surface area (Å²) in [5, 5.41) is 0. The van der Waals surface area contributed by atoms with E-state index < -0.39 is 0 Å². The van der Waals surface area contributed by atoms with E-state index in [1.807, 2.05) is 24.0 Å². The van der Waals surface area contributed by atoms with Crippen molar-refractivity contribution in [3.05, 3.63) is 18.1 Å². The number of nitrogens with two attached hydrogens (primary N) is 1. The van der Waals surface area contributed by atoms with Crippen LogP contribution in [0.2, 0.25) is 0 Å². The van der Waals surface area contributed by atoms with Crippen LogP contribution in [0.5, 0.6) is 0 Å². The van der Waals surface area contributed by atoms with Gasteiger partial charge in [-0.1, -0.05) is 0 Å². The van der Waals surface area contributed by atoms with E-state index in [1.54, 1.807) is 0 Å². The van der Waals surface area contributed by atoms with Gasteiger partial charge in [-0.2, -0.15) is 0 Å². The summed E-state index contributed by atoms with van der Waals surface area (Å²) < 4.78 is 2.02. The van der Waals surface area contributed by atoms with Crippen molar-refractivity contribution >= 4 is 16.9 Å². The van der Waals surface area contributed by atoms with E-state index in [0.29, 0.717) is 11.7 Å². The number of aromatic nitrogens is 3. The van der Waals surface area contributed by atoms with Crippen molar-refractivity contribution in [1.82, 2.24) is 14.5 Å². The van der Waals surface area contributed by atoms with Crippen molar-refractivity contribution in [2.24, 2.45) is 7.05 Å². The number of anilines is 1. The van der Waals surface area contributed by atoms with E-state index in [4.69, 9.17) is 5.73 Å². The Labute approximate surface area is 81.8 Å². The Morgan fingerprint density at radius 1 is 1.50 bits per heavy atom. The Kier molecular flexibility index (Phi) is 1.37. The number of nitrogen functional groups attached to an aromatic ring is 1. The van der Waals surface area contributed by atoms with Crippen LogP contribution >= 0.6 is 0 Å². The molecule has 4 nitrogen and oxygen atoms in total. The first-order valence-electron chi connectivity index (χ1n) is 4.83. The van der Waals surface area contributed by atoms with Crippen LogP contribution in [-0.2, 0) is 7.05 Å². The highest BCUT2D eigenvalue weighted by atomic mass is 15.0. The molecule has 0 aromatic carbocycles. The van der Waals surface area contributed by atoms with Crippen molar-refractivity contribution in [2.45, 2.75) is 18.8 Å². The van der Waals surface area contributed by atoms with Crippen LogP contribution < -0.4 is 5.73 Å². The highest BCUT2D eigenvalue weighted by Crippen LogP contribution is 2.42. The average molecular weight is 188 g/mol. The third kappa shape index (κ3) is 0.999. The largest absolute Gasteiger partial charge is 0.384 e. The number of aryl methyl sites for hydroxylation is 1. The molecule has 1 aliphatic rings. The van der Waals surface area contributed by atoms with Gasteiger partial charge in [0.2, 0.25) is 0 Å². The molecule has 4 heteroatoms. The second-order valence-electron chi connectivity index (χ2n) is 3.93. The summed E-state index contributed by atoms with van der Waals surface area (Å²) in [5.41, 5.74) is 8.96. The minimum absolute atomic E-state index is 0.582. The number of fused-ring (bicyclic) bond motifs is 1. The second-order valence-corrected chi connectivity index (χ2v) is 3.93. The van der Waals surface area contributed by atoms with Crippen LogP contribution in [-0.4, -0.2) is 14.5 Å². The van der Waals surface area contributed by atoms with E-state index in [-0.39, 0.29) is 0 Å². The maximum Gasteiger partial charge on any atom is 0.125 e. The minimum Gasteiger partial charge on any atom is -0.384 e. The number of hydrogen-bond donors (Lipinski definition) is 1. The Bertz CT molecular complexity index is 496. The Balaban J connectivity index is 2.37. The number of hydrogen-bond acceptors (Lipinski definition) is 3. The molecular formula is C10H12N4. The van der Waals surface area contributed by atoms with Gasteiger partial charge in [0.15, 0.2) is 0 Å². The summed E-state index contributed by atoms with van der Waals surface area (Å²) in [7, 11) is 2.00. The molecule has 1 saturated carbocycles. The summed E-state index contributed by atoms with van der Waals surface area (Å²) in [6.45, 7) is 0. The molecule has 2 aromatic heterocycles. The molecule has 3 rings (SSSR count). The van der Waals surface area contributed by atoms with Gasteiger partial charge < -0.3 is 10.3 Å². The molecule has 0 unspecified atom stereocenters. The van der Waals surface area contributed by atoms with Crippen LogP contribution in [0.3, 0.4) is 0 Å². The van der Waals surface area contributed by atoms with Gasteiger partial charge in [0.25, 0.3) is 0 Å². The van der Waals surface area contributed by atoms with Gasteiger partial charge in [-0.05, 0) is 12.8 Å². The molecule has 72 valence electrons. The second kappa shape index (κ2) is 2.47. The van der Waals surface area contributed by atoms with E-state index in [9.17, 15) is 0 Å². The van der Waals surface area contributed by atoms with E-state index in [1.165, 1.54) is 12.8 Å². The molecule has 0 saturated heterocycles. The molecule has 14 heavy (non-hydrogen) atoms. The fraction of sp³-hybridized carbons (Fsp3) is 0.400. The zero-order valence-corrected chi connectivity index (χ0v) is 8.07. The molecule has 1 aliphatic carbocycles. The molecule has 0 aliphatic heterocycles. The molecule has 0 spiro atoms. The fourth-order valence-corrected chi connectivity index (χ4v) is 1.87. The predicted octanol–water partition coefficient (Wildman–Crippen LogP) is 1.43. The zero-order valence-electron chi connectivity index (χ0n) is 8.07. The lowest BCUT2D eigenvalue weighted by Crippen LogP contribution is -1.98. The average Bonchev–Trinajstić information content (AvgIpc) is 2.92. The van der Waals surface area contributed by atoms with E-state index in [2.05, 4.69) is 9.97 Å². The van der Waals surface area contributed by atoms with Crippen molar-refractivity contribution in [3.8, 4) is 0 Å². The maximum absolute atomic E-state index is 5.74. The van der Waals surface area contributed by atoms with Crippen LogP contribution in [0.1, 0.15) is 24.5 Å². The van der Waals surface area contributed by atoms with Crippen molar-refractivity contribution in [3.63, 3.8) is 0 Å². The highest BCUT2D eigenvalue weighted by Gasteiger charge is 2.28. The lowest BCUT2D eigenvalue weighted by molar-refractivity contribution is 0.922. The van der Waals surface area contributed by atoms with Crippen LogP contribution in [0.25, 0.3) is 11.0 Å². The number of rotatable bonds is 1. The lowest BCUT2D eigenvalue weighted by atomic mass is 10.2. The molecular weight excluding hydrogens is 176 g/mol. The van der Waals surface area contributed by atoms with Crippen molar-refractivity contribution < 1.29 is 0 Å². The third-order valence-electron chi connectivity index (χ3n) is 2.71. The Morgan fingerprint density at radius 3 is 3.00 bits per heavy atom. The quantitative estimate of drug-likeness (QED) is 0.736. The molecule has 2 N–H and O–H groups in total. The standard InChI is InChI=1S/C10H12N4/c1-14-5-12-7-4-8(11)13-9(10(7)14)6-2-3-6/h4-6H,2-3H2,1H3,(H2,11,13). The smallest absolute Gasteiger partial charge is 0.125 e. The maximum atomic E-state index is 5.74. The summed E-state index contributed by atoms with van der Waals surface area (Å²) in [6, 6.07) is 1.83. The van der Waals surface area contributed by atoms with Gasteiger partial charge in [-0.3, -0.25) is 0 Å². The van der Waals surface area contributed by atoms with Gasteiger partial charge in [0.1, 0.15) is 5.82 Å². The topological polar surface area (TPSA) is 56.7 Å². The number of pyridine rings is 1. The van der Waals surface area contributed by atoms with Gasteiger partial charge in [0, 0.05) is 19.0 Å². The normalized spacial score (nSPS) is 16.4. The molecule has 0 amide bonds. The van der Waals surface area contributed by atoms with Gasteiger partial charge in [-0.25, -0.2) is 9.97 Å². The number of imidazole rings is 1. The minimum atomic E-state index is 0.582. The van der Waals surface area contributed by atoms with Crippen LogP contribution in [0.15, 0.2) is 12.4 Å². The van der Waals surface area contributed by atoms with Crippen LogP contribution in [0.4, 0.5) is 5.82 Å². The van der Waals surface area contributed by atoms with E-state index in [0.717, 1.165) is 16.7 Å². The zero-order chi connectivity index (χ0) is 9.71. The Morgan fingerprint density at radius 2 is 2.29 bits per heavy atom. The molecule has 0 radical (unpaired) electrons. The molecule has 0 atom stereocenters. The summed E-state index contributed by atoms with van der Waals surface area (Å²) in [4.78, 5) is 8.71. The highest BCUT2D eigenvalue weighted by molar-refractivity contribution is 5.80. The summed E-state index contributed by atoms with van der Waals surface area (Å²) in [5.74, 6) is 1.19. The van der Waals surface area contributed by atoms with Gasteiger partial charge >= 0.3 is 0 Å². The Hall–Kier alpha value is -1.58. The van der Waals surface area contributed by atoms with Crippen molar-refractivity contribution in [2.75, 3.05) is 5.73 Å². The van der Waals surface area contributed by atoms with Crippen molar-refractivity contribution in [1.29, 1.82) is 0 Å².